The fourth-order valence-corrected chi connectivity index (χ4v) is 4.85. The topological polar surface area (TPSA) is 167 Å². The maximum Gasteiger partial charge on any atom is 0.239 e. The van der Waals surface area contributed by atoms with Crippen LogP contribution in [-0.2, 0) is 25.4 Å². The maximum absolute atomic E-state index is 12.7. The Morgan fingerprint density at radius 1 is 1.19 bits per heavy atom. The zero-order chi connectivity index (χ0) is 23.0. The van der Waals surface area contributed by atoms with Crippen molar-refractivity contribution in [2.24, 2.45) is 0 Å². The van der Waals surface area contributed by atoms with E-state index < -0.39 is 54.6 Å². The van der Waals surface area contributed by atoms with Gasteiger partial charge in [-0.15, -0.1) is 0 Å². The van der Waals surface area contributed by atoms with Gasteiger partial charge in [0.15, 0.2) is 0 Å². The number of nitrogens with zero attached hydrogens (tertiary/aromatic N) is 2. The van der Waals surface area contributed by atoms with Crippen molar-refractivity contribution in [1.29, 1.82) is 0 Å². The van der Waals surface area contributed by atoms with Gasteiger partial charge < -0.3 is 45.5 Å². The molecule has 6 N–H and O–H groups in total. The van der Waals surface area contributed by atoms with Crippen LogP contribution in [0, 0.1) is 0 Å². The van der Waals surface area contributed by atoms with Crippen molar-refractivity contribution in [3.63, 3.8) is 0 Å². The van der Waals surface area contributed by atoms with Gasteiger partial charge in [0.2, 0.25) is 18.0 Å². The molecule has 5 unspecified atom stereocenters. The van der Waals surface area contributed by atoms with Gasteiger partial charge >= 0.3 is 0 Å². The van der Waals surface area contributed by atoms with Gasteiger partial charge in [0, 0.05) is 6.20 Å². The van der Waals surface area contributed by atoms with Crippen LogP contribution in [0.5, 0.6) is 0 Å². The van der Waals surface area contributed by atoms with Gasteiger partial charge in [0.1, 0.15) is 18.3 Å². The Labute approximate surface area is 185 Å². The van der Waals surface area contributed by atoms with Crippen LogP contribution in [0.1, 0.15) is 19.0 Å². The summed E-state index contributed by atoms with van der Waals surface area (Å²) in [6.07, 6.45) is -3.72. The molecule has 1 aromatic rings. The number of amides is 1. The number of likely N-dealkylation sites (N-methyl/N-ethyl adjacent to an activating group) is 2. The summed E-state index contributed by atoms with van der Waals surface area (Å²) in [6, 6.07) is 1.19. The van der Waals surface area contributed by atoms with Crippen molar-refractivity contribution in [3.8, 4) is 0 Å². The zero-order valence-electron chi connectivity index (χ0n) is 18.2. The Kier molecular flexibility index (Phi) is 6.75. The molecule has 178 valence electrons. The predicted molar refractivity (Wildman–Crippen MR) is 109 cm³/mol. The lowest BCUT2D eigenvalue weighted by Crippen LogP contribution is -2.79. The largest absolute Gasteiger partial charge is 0.390 e. The van der Waals surface area contributed by atoms with Gasteiger partial charge in [-0.2, -0.15) is 10.2 Å². The molecule has 3 aliphatic rings. The summed E-state index contributed by atoms with van der Waals surface area (Å²) in [6.45, 7) is 1.80. The molecule has 2 saturated heterocycles. The molecule has 0 aromatic carbocycles. The molecule has 1 amide bonds. The summed E-state index contributed by atoms with van der Waals surface area (Å²) < 4.78 is 17.9. The lowest BCUT2D eigenvalue weighted by atomic mass is 9.79. The van der Waals surface area contributed by atoms with E-state index >= 15 is 0 Å². The minimum atomic E-state index is -2.02. The first kappa shape index (κ1) is 23.4. The van der Waals surface area contributed by atoms with Crippen molar-refractivity contribution in [3.05, 3.63) is 24.0 Å². The zero-order valence-corrected chi connectivity index (χ0v) is 18.2. The second-order valence-corrected chi connectivity index (χ2v) is 8.57. The van der Waals surface area contributed by atoms with Crippen LogP contribution in [0.3, 0.4) is 0 Å². The summed E-state index contributed by atoms with van der Waals surface area (Å²) in [7, 11) is 3.28. The highest BCUT2D eigenvalue weighted by Gasteiger charge is 2.63. The molecular weight excluding hydrogens is 422 g/mol. The fourth-order valence-electron chi connectivity index (χ4n) is 4.85. The SMILES string of the molecule is CN[C@@H]1[C@H](O)[C@H](NC)C2OC3(O)C(NC(=O)Cc4cccnn4)C[C@@H](C)OC3OC2[C@H]1O. The molecule has 1 aliphatic carbocycles. The van der Waals surface area contributed by atoms with E-state index in [4.69, 9.17) is 14.2 Å². The van der Waals surface area contributed by atoms with Crippen LogP contribution in [0.15, 0.2) is 18.3 Å². The second kappa shape index (κ2) is 9.23. The molecule has 32 heavy (non-hydrogen) atoms. The molecule has 2 aliphatic heterocycles. The van der Waals surface area contributed by atoms with E-state index in [1.165, 1.54) is 6.20 Å². The van der Waals surface area contributed by atoms with E-state index in [1.807, 2.05) is 0 Å². The van der Waals surface area contributed by atoms with E-state index in [-0.39, 0.29) is 24.9 Å². The molecule has 0 radical (unpaired) electrons. The lowest BCUT2D eigenvalue weighted by Gasteiger charge is -2.58. The van der Waals surface area contributed by atoms with Gasteiger partial charge in [-0.25, -0.2) is 0 Å². The molecule has 4 rings (SSSR count). The average molecular weight is 453 g/mol. The standard InChI is InChI=1S/C20H31N5O7/c1-9-7-11(24-12(26)8-10-5-4-6-23-25-10)20(29)19(30-9)31-18-16(28)13(21-2)15(27)14(22-3)17(18)32-20/h4-6,9,11,13-19,21-22,27-29H,7-8H2,1-3H3,(H,24,26)/t9-,11?,13-,14+,15+,16+,17?,18?,19?,20?/m1/s1. The molecule has 0 spiro atoms. The number of aliphatic hydroxyl groups is 3. The number of nitrogens with one attached hydrogen (secondary N) is 3. The van der Waals surface area contributed by atoms with Crippen molar-refractivity contribution in [2.75, 3.05) is 14.1 Å². The van der Waals surface area contributed by atoms with Crippen LogP contribution in [-0.4, -0.2) is 106 Å². The fraction of sp³-hybridized carbons (Fsp3) is 0.750. The molecule has 3 fully saturated rings. The van der Waals surface area contributed by atoms with E-state index in [2.05, 4.69) is 26.1 Å². The lowest BCUT2D eigenvalue weighted by molar-refractivity contribution is -0.449. The van der Waals surface area contributed by atoms with Crippen molar-refractivity contribution in [1.82, 2.24) is 26.1 Å². The number of carbonyl (C=O) groups is 1. The predicted octanol–water partition coefficient (Wildman–Crippen LogP) is -2.98. The number of aromatic nitrogens is 2. The third kappa shape index (κ3) is 4.13. The summed E-state index contributed by atoms with van der Waals surface area (Å²) in [5.41, 5.74) is 0.487. The molecule has 12 nitrogen and oxygen atoms in total. The normalized spacial score (nSPS) is 43.8. The second-order valence-electron chi connectivity index (χ2n) is 8.57. The van der Waals surface area contributed by atoms with Gasteiger partial charge in [-0.1, -0.05) is 0 Å². The number of aliphatic hydroxyl groups excluding tert-OH is 2. The van der Waals surface area contributed by atoms with Gasteiger partial charge in [0.25, 0.3) is 0 Å². The van der Waals surface area contributed by atoms with Crippen LogP contribution in [0.4, 0.5) is 0 Å². The number of rotatable bonds is 5. The number of ether oxygens (including phenoxy) is 3. The first-order valence-electron chi connectivity index (χ1n) is 10.8. The number of hydrogen-bond acceptors (Lipinski definition) is 11. The van der Waals surface area contributed by atoms with E-state index in [0.29, 0.717) is 5.69 Å². The number of hydrogen-bond donors (Lipinski definition) is 6. The number of carbonyl (C=O) groups excluding carboxylic acids is 1. The van der Waals surface area contributed by atoms with Crippen molar-refractivity contribution < 1.29 is 34.3 Å². The Bertz CT molecular complexity index is 804. The summed E-state index contributed by atoms with van der Waals surface area (Å²) in [5, 5.41) is 49.4. The first-order chi connectivity index (χ1) is 15.3. The van der Waals surface area contributed by atoms with Crippen LogP contribution in [0.2, 0.25) is 0 Å². The summed E-state index contributed by atoms with van der Waals surface area (Å²) >= 11 is 0. The molecule has 12 heteroatoms. The third-order valence-corrected chi connectivity index (χ3v) is 6.46. The molecular formula is C20H31N5O7. The molecule has 1 saturated carbocycles. The summed E-state index contributed by atoms with van der Waals surface area (Å²) in [4.78, 5) is 12.7. The van der Waals surface area contributed by atoms with Crippen LogP contribution >= 0.6 is 0 Å². The highest BCUT2D eigenvalue weighted by Crippen LogP contribution is 2.41. The molecule has 1 aromatic heterocycles. The molecule has 10 atom stereocenters. The van der Waals surface area contributed by atoms with E-state index in [9.17, 15) is 20.1 Å². The van der Waals surface area contributed by atoms with E-state index in [1.54, 1.807) is 33.2 Å². The van der Waals surface area contributed by atoms with Crippen LogP contribution in [0.25, 0.3) is 0 Å². The van der Waals surface area contributed by atoms with Gasteiger partial charge in [-0.05, 0) is 39.6 Å². The molecule has 0 bridgehead atoms. The Morgan fingerprint density at radius 2 is 1.94 bits per heavy atom. The monoisotopic (exact) mass is 453 g/mol. The van der Waals surface area contributed by atoms with Crippen molar-refractivity contribution in [2.45, 2.75) is 80.5 Å². The minimum Gasteiger partial charge on any atom is -0.390 e. The Morgan fingerprint density at radius 3 is 2.59 bits per heavy atom. The first-order valence-corrected chi connectivity index (χ1v) is 10.8. The smallest absolute Gasteiger partial charge is 0.239 e. The van der Waals surface area contributed by atoms with Crippen LogP contribution < -0.4 is 16.0 Å². The molecule has 3 heterocycles. The summed E-state index contributed by atoms with van der Waals surface area (Å²) in [5.74, 6) is -2.39. The van der Waals surface area contributed by atoms with Gasteiger partial charge in [-0.3, -0.25) is 4.79 Å². The quantitative estimate of drug-likeness (QED) is 0.269. The highest BCUT2D eigenvalue weighted by atomic mass is 16.8. The highest BCUT2D eigenvalue weighted by molar-refractivity contribution is 5.78. The van der Waals surface area contributed by atoms with Crippen molar-refractivity contribution >= 4 is 5.91 Å². The maximum atomic E-state index is 12.7. The number of fused-ring (bicyclic) bond motifs is 2. The average Bonchev–Trinajstić information content (AvgIpc) is 2.75. The van der Waals surface area contributed by atoms with Gasteiger partial charge in [0.05, 0.1) is 42.4 Å². The van der Waals surface area contributed by atoms with E-state index in [0.717, 1.165) is 0 Å². The Balaban J connectivity index is 1.56. The Hall–Kier alpha value is -1.77. The minimum absolute atomic E-state index is 0.0202. The third-order valence-electron chi connectivity index (χ3n) is 6.46.